The molecule has 2 aromatic heterocycles. The SMILES string of the molecule is Cc1noc(-c2ccccc2OCc2ccc3c(n2)NCC3)n1. The van der Waals surface area contributed by atoms with E-state index in [-0.39, 0.29) is 0 Å². The van der Waals surface area contributed by atoms with Gasteiger partial charge in [-0.05, 0) is 37.1 Å². The Morgan fingerprint density at radius 2 is 2.09 bits per heavy atom. The van der Waals surface area contributed by atoms with E-state index >= 15 is 0 Å². The summed E-state index contributed by atoms with van der Waals surface area (Å²) in [5, 5.41) is 7.11. The number of nitrogens with zero attached hydrogens (tertiary/aromatic N) is 3. The lowest BCUT2D eigenvalue weighted by atomic mass is 10.2. The highest BCUT2D eigenvalue weighted by atomic mass is 16.5. The topological polar surface area (TPSA) is 73.1 Å². The Morgan fingerprint density at radius 3 is 2.96 bits per heavy atom. The van der Waals surface area contributed by atoms with Crippen molar-refractivity contribution in [1.82, 2.24) is 15.1 Å². The predicted molar refractivity (Wildman–Crippen MR) is 85.2 cm³/mol. The van der Waals surface area contributed by atoms with E-state index in [1.807, 2.05) is 30.3 Å². The highest BCUT2D eigenvalue weighted by Crippen LogP contribution is 2.29. The Balaban J connectivity index is 1.55. The molecule has 0 atom stereocenters. The fourth-order valence-corrected chi connectivity index (χ4v) is 2.61. The number of hydrogen-bond donors (Lipinski definition) is 1. The van der Waals surface area contributed by atoms with Gasteiger partial charge < -0.3 is 14.6 Å². The van der Waals surface area contributed by atoms with Crippen LogP contribution in [0.5, 0.6) is 5.75 Å². The minimum absolute atomic E-state index is 0.388. The third-order valence-electron chi connectivity index (χ3n) is 3.74. The third-order valence-corrected chi connectivity index (χ3v) is 3.74. The number of rotatable bonds is 4. The van der Waals surface area contributed by atoms with Crippen LogP contribution in [0.4, 0.5) is 5.82 Å². The lowest BCUT2D eigenvalue weighted by molar-refractivity contribution is 0.301. The molecule has 1 N–H and O–H groups in total. The van der Waals surface area contributed by atoms with E-state index < -0.39 is 0 Å². The van der Waals surface area contributed by atoms with Gasteiger partial charge in [-0.1, -0.05) is 23.4 Å². The van der Waals surface area contributed by atoms with Crippen molar-refractivity contribution in [3.63, 3.8) is 0 Å². The molecule has 0 bridgehead atoms. The summed E-state index contributed by atoms with van der Waals surface area (Å²) in [6, 6.07) is 11.7. The number of fused-ring (bicyclic) bond motifs is 1. The van der Waals surface area contributed by atoms with Crippen LogP contribution in [0.3, 0.4) is 0 Å². The number of hydrogen-bond acceptors (Lipinski definition) is 6. The molecule has 116 valence electrons. The van der Waals surface area contributed by atoms with Crippen molar-refractivity contribution in [3.8, 4) is 17.2 Å². The molecule has 6 nitrogen and oxygen atoms in total. The van der Waals surface area contributed by atoms with E-state index in [0.29, 0.717) is 24.1 Å². The molecule has 1 aliphatic rings. The Morgan fingerprint density at radius 1 is 1.17 bits per heavy atom. The maximum atomic E-state index is 5.93. The van der Waals surface area contributed by atoms with Gasteiger partial charge >= 0.3 is 0 Å². The van der Waals surface area contributed by atoms with Gasteiger partial charge in [-0.25, -0.2) is 4.98 Å². The maximum Gasteiger partial charge on any atom is 0.261 e. The van der Waals surface area contributed by atoms with Gasteiger partial charge in [0, 0.05) is 6.54 Å². The highest BCUT2D eigenvalue weighted by molar-refractivity contribution is 5.62. The van der Waals surface area contributed by atoms with Crippen LogP contribution in [-0.2, 0) is 13.0 Å². The van der Waals surface area contributed by atoms with E-state index in [0.717, 1.165) is 30.0 Å². The van der Waals surface area contributed by atoms with Crippen LogP contribution >= 0.6 is 0 Å². The first-order valence-electron chi connectivity index (χ1n) is 7.55. The van der Waals surface area contributed by atoms with E-state index in [1.54, 1.807) is 6.92 Å². The monoisotopic (exact) mass is 308 g/mol. The van der Waals surface area contributed by atoms with Gasteiger partial charge in [0.05, 0.1) is 11.3 Å². The van der Waals surface area contributed by atoms with Gasteiger partial charge in [-0.2, -0.15) is 4.98 Å². The summed E-state index contributed by atoms with van der Waals surface area (Å²) in [6.45, 7) is 3.13. The van der Waals surface area contributed by atoms with E-state index in [9.17, 15) is 0 Å². The Bertz CT molecular complexity index is 844. The number of nitrogens with one attached hydrogen (secondary N) is 1. The molecule has 0 saturated carbocycles. The van der Waals surface area contributed by atoms with Crippen LogP contribution in [0, 0.1) is 6.92 Å². The Labute approximate surface area is 133 Å². The number of ether oxygens (including phenoxy) is 1. The molecule has 0 aliphatic carbocycles. The van der Waals surface area contributed by atoms with Crippen molar-refractivity contribution in [3.05, 3.63) is 53.5 Å². The lowest BCUT2D eigenvalue weighted by Gasteiger charge is -2.09. The van der Waals surface area contributed by atoms with Crippen LogP contribution in [0.1, 0.15) is 17.1 Å². The fraction of sp³-hybridized carbons (Fsp3) is 0.235. The van der Waals surface area contributed by atoms with E-state index in [2.05, 4.69) is 26.5 Å². The molecule has 0 saturated heterocycles. The molecule has 1 aromatic carbocycles. The molecule has 0 radical (unpaired) electrons. The highest BCUT2D eigenvalue weighted by Gasteiger charge is 2.14. The number of aryl methyl sites for hydroxylation is 1. The second-order valence-electron chi connectivity index (χ2n) is 5.42. The molecule has 0 fully saturated rings. The third kappa shape index (κ3) is 2.75. The Kier molecular flexibility index (Phi) is 3.42. The van der Waals surface area contributed by atoms with Gasteiger partial charge in [-0.3, -0.25) is 0 Å². The summed E-state index contributed by atoms with van der Waals surface area (Å²) < 4.78 is 11.2. The van der Waals surface area contributed by atoms with Crippen molar-refractivity contribution < 1.29 is 9.26 Å². The van der Waals surface area contributed by atoms with Gasteiger partial charge in [-0.15, -0.1) is 0 Å². The van der Waals surface area contributed by atoms with Crippen molar-refractivity contribution in [1.29, 1.82) is 0 Å². The summed E-state index contributed by atoms with van der Waals surface area (Å²) in [5.74, 6) is 2.72. The maximum absolute atomic E-state index is 5.93. The van der Waals surface area contributed by atoms with Crippen LogP contribution in [0.25, 0.3) is 11.5 Å². The van der Waals surface area contributed by atoms with Crippen LogP contribution < -0.4 is 10.1 Å². The standard InChI is InChI=1S/C17H16N4O2/c1-11-19-17(23-21-11)14-4-2-3-5-15(14)22-10-13-7-6-12-8-9-18-16(12)20-13/h2-7H,8-10H2,1H3,(H,18,20). The molecule has 3 aromatic rings. The number of benzene rings is 1. The minimum Gasteiger partial charge on any atom is -0.486 e. The number of pyridine rings is 1. The quantitative estimate of drug-likeness (QED) is 0.799. The largest absolute Gasteiger partial charge is 0.486 e. The molecule has 0 unspecified atom stereocenters. The first-order valence-corrected chi connectivity index (χ1v) is 7.55. The van der Waals surface area contributed by atoms with E-state index in [1.165, 1.54) is 5.56 Å². The number of anilines is 1. The molecule has 1 aliphatic heterocycles. The first-order chi connectivity index (χ1) is 11.3. The van der Waals surface area contributed by atoms with Gasteiger partial charge in [0.25, 0.3) is 5.89 Å². The molecular formula is C17H16N4O2. The van der Waals surface area contributed by atoms with Gasteiger partial charge in [0.1, 0.15) is 18.2 Å². The molecule has 4 rings (SSSR count). The van der Waals surface area contributed by atoms with Crippen molar-refractivity contribution >= 4 is 5.82 Å². The zero-order valence-corrected chi connectivity index (χ0v) is 12.7. The van der Waals surface area contributed by atoms with Gasteiger partial charge in [0.15, 0.2) is 5.82 Å². The second-order valence-corrected chi connectivity index (χ2v) is 5.42. The molecule has 3 heterocycles. The summed E-state index contributed by atoms with van der Waals surface area (Å²) in [4.78, 5) is 8.85. The molecule has 6 heteroatoms. The van der Waals surface area contributed by atoms with Crippen LogP contribution in [0.2, 0.25) is 0 Å². The summed E-state index contributed by atoms with van der Waals surface area (Å²) in [5.41, 5.74) is 2.93. The number of para-hydroxylation sites is 1. The molecule has 0 spiro atoms. The normalized spacial score (nSPS) is 12.7. The molecule has 23 heavy (non-hydrogen) atoms. The predicted octanol–water partition coefficient (Wildman–Crippen LogP) is 2.99. The first kappa shape index (κ1) is 13.8. The second kappa shape index (κ2) is 5.72. The smallest absolute Gasteiger partial charge is 0.261 e. The molecular weight excluding hydrogens is 292 g/mol. The zero-order valence-electron chi connectivity index (χ0n) is 12.7. The fourth-order valence-electron chi connectivity index (χ4n) is 2.61. The van der Waals surface area contributed by atoms with Gasteiger partial charge in [0.2, 0.25) is 0 Å². The number of aromatic nitrogens is 3. The summed E-state index contributed by atoms with van der Waals surface area (Å²) in [7, 11) is 0. The summed E-state index contributed by atoms with van der Waals surface area (Å²) in [6.07, 6.45) is 1.03. The summed E-state index contributed by atoms with van der Waals surface area (Å²) >= 11 is 0. The molecule has 0 amide bonds. The van der Waals surface area contributed by atoms with Crippen molar-refractivity contribution in [2.45, 2.75) is 20.0 Å². The minimum atomic E-state index is 0.388. The van der Waals surface area contributed by atoms with Crippen LogP contribution in [0.15, 0.2) is 40.9 Å². The van der Waals surface area contributed by atoms with Crippen LogP contribution in [-0.4, -0.2) is 21.7 Å². The van der Waals surface area contributed by atoms with Crippen molar-refractivity contribution in [2.24, 2.45) is 0 Å². The average molecular weight is 308 g/mol. The zero-order chi connectivity index (χ0) is 15.6. The van der Waals surface area contributed by atoms with Crippen molar-refractivity contribution in [2.75, 3.05) is 11.9 Å². The average Bonchev–Trinajstić information content (AvgIpc) is 3.21. The lowest BCUT2D eigenvalue weighted by Crippen LogP contribution is -2.01. The Hall–Kier alpha value is -2.89. The van der Waals surface area contributed by atoms with E-state index in [4.69, 9.17) is 9.26 Å².